The van der Waals surface area contributed by atoms with Crippen molar-refractivity contribution >= 4 is 40.1 Å². The Balaban J connectivity index is 1.84. The first kappa shape index (κ1) is 17.5. The van der Waals surface area contributed by atoms with Gasteiger partial charge in [0, 0.05) is 31.8 Å². The molecule has 0 radical (unpaired) electrons. The first-order valence-corrected chi connectivity index (χ1v) is 9.60. The van der Waals surface area contributed by atoms with E-state index in [-0.39, 0.29) is 5.91 Å². The Hall–Kier alpha value is -1.89. The van der Waals surface area contributed by atoms with Gasteiger partial charge < -0.3 is 5.11 Å². The summed E-state index contributed by atoms with van der Waals surface area (Å²) in [5, 5.41) is 12.3. The normalized spacial score (nSPS) is 18.9. The highest BCUT2D eigenvalue weighted by atomic mass is 127. The van der Waals surface area contributed by atoms with E-state index < -0.39 is 5.72 Å². The van der Waals surface area contributed by atoms with E-state index in [2.05, 4.69) is 22.6 Å². The number of amides is 1. The van der Waals surface area contributed by atoms with Gasteiger partial charge >= 0.3 is 0 Å². The number of aliphatic hydroxyl groups is 1. The van der Waals surface area contributed by atoms with Crippen molar-refractivity contribution in [1.82, 2.24) is 4.90 Å². The van der Waals surface area contributed by atoms with E-state index in [1.165, 1.54) is 4.90 Å². The first-order valence-electron chi connectivity index (χ1n) is 8.14. The minimum Gasteiger partial charge on any atom is -0.363 e. The van der Waals surface area contributed by atoms with Crippen LogP contribution in [0.2, 0.25) is 5.02 Å². The lowest BCUT2D eigenvalue weighted by molar-refractivity contribution is -0.0542. The molecule has 0 aliphatic carbocycles. The first-order chi connectivity index (χ1) is 12.5. The molecule has 1 unspecified atom stereocenters. The lowest BCUT2D eigenvalue weighted by atomic mass is 9.93. The van der Waals surface area contributed by atoms with Crippen LogP contribution in [0.3, 0.4) is 0 Å². The van der Waals surface area contributed by atoms with Crippen molar-refractivity contribution in [3.63, 3.8) is 0 Å². The molecule has 1 aliphatic rings. The van der Waals surface area contributed by atoms with Crippen molar-refractivity contribution in [2.24, 2.45) is 0 Å². The second-order valence-corrected chi connectivity index (χ2v) is 7.92. The molecule has 1 heterocycles. The molecule has 3 nitrogen and oxygen atoms in total. The summed E-state index contributed by atoms with van der Waals surface area (Å²) in [5.41, 5.74) is 1.17. The maximum absolute atomic E-state index is 13.1. The highest BCUT2D eigenvalue weighted by molar-refractivity contribution is 14.1. The SMILES string of the molecule is O=C1c2ccccc2C(O)(c2ccc(Cl)cc2)N1Cc1ccc(I)cc1. The number of carbonyl (C=O) groups excluding carboxylic acids is 1. The average Bonchev–Trinajstić information content (AvgIpc) is 2.87. The molecule has 0 aromatic heterocycles. The highest BCUT2D eigenvalue weighted by Gasteiger charge is 2.49. The predicted molar refractivity (Wildman–Crippen MR) is 110 cm³/mol. The highest BCUT2D eigenvalue weighted by Crippen LogP contribution is 2.43. The fourth-order valence-electron chi connectivity index (χ4n) is 3.36. The molecule has 1 amide bonds. The molecule has 1 atom stereocenters. The molecule has 3 aromatic rings. The Bertz CT molecular complexity index is 972. The second kappa shape index (κ2) is 6.68. The van der Waals surface area contributed by atoms with Crippen LogP contribution in [-0.4, -0.2) is 15.9 Å². The Kier molecular flexibility index (Phi) is 4.50. The number of hydrogen-bond acceptors (Lipinski definition) is 2. The lowest BCUT2D eigenvalue weighted by Crippen LogP contribution is -2.44. The Morgan fingerprint density at radius 1 is 0.962 bits per heavy atom. The van der Waals surface area contributed by atoms with Crippen molar-refractivity contribution in [2.75, 3.05) is 0 Å². The van der Waals surface area contributed by atoms with E-state index in [1.807, 2.05) is 36.4 Å². The largest absolute Gasteiger partial charge is 0.363 e. The number of hydrogen-bond donors (Lipinski definition) is 1. The van der Waals surface area contributed by atoms with E-state index >= 15 is 0 Å². The molecule has 5 heteroatoms. The van der Waals surface area contributed by atoms with E-state index in [0.717, 1.165) is 9.13 Å². The van der Waals surface area contributed by atoms with Gasteiger partial charge in [-0.3, -0.25) is 9.69 Å². The minimum absolute atomic E-state index is 0.184. The van der Waals surface area contributed by atoms with E-state index in [0.29, 0.717) is 28.3 Å². The van der Waals surface area contributed by atoms with Gasteiger partial charge in [-0.25, -0.2) is 0 Å². The van der Waals surface area contributed by atoms with Crippen molar-refractivity contribution in [1.29, 1.82) is 0 Å². The molecular weight excluding hydrogens is 461 g/mol. The molecule has 4 rings (SSSR count). The predicted octanol–water partition coefficient (Wildman–Crippen LogP) is 4.79. The molecule has 1 aliphatic heterocycles. The number of benzene rings is 3. The molecule has 26 heavy (non-hydrogen) atoms. The third kappa shape index (κ3) is 2.82. The van der Waals surface area contributed by atoms with Gasteiger partial charge in [-0.1, -0.05) is 54.1 Å². The maximum atomic E-state index is 13.1. The minimum atomic E-state index is -1.53. The van der Waals surface area contributed by atoms with Crippen LogP contribution in [-0.2, 0) is 12.3 Å². The Morgan fingerprint density at radius 2 is 1.62 bits per heavy atom. The number of fused-ring (bicyclic) bond motifs is 1. The topological polar surface area (TPSA) is 40.5 Å². The van der Waals surface area contributed by atoms with Crippen LogP contribution in [0.25, 0.3) is 0 Å². The van der Waals surface area contributed by atoms with Crippen LogP contribution in [0, 0.1) is 3.57 Å². The summed E-state index contributed by atoms with van der Waals surface area (Å²) in [6.45, 7) is 0.309. The van der Waals surface area contributed by atoms with Gasteiger partial charge in [-0.15, -0.1) is 0 Å². The summed E-state index contributed by atoms with van der Waals surface area (Å²) in [6, 6.07) is 22.1. The van der Waals surface area contributed by atoms with Crippen molar-refractivity contribution < 1.29 is 9.90 Å². The monoisotopic (exact) mass is 475 g/mol. The summed E-state index contributed by atoms with van der Waals surface area (Å²) >= 11 is 8.25. The fraction of sp³-hybridized carbons (Fsp3) is 0.0952. The molecule has 0 fully saturated rings. The number of nitrogens with zero attached hydrogens (tertiary/aromatic N) is 1. The van der Waals surface area contributed by atoms with Crippen molar-refractivity contribution in [3.05, 3.63) is 104 Å². The van der Waals surface area contributed by atoms with Gasteiger partial charge in [0.1, 0.15) is 0 Å². The summed E-state index contributed by atoms with van der Waals surface area (Å²) in [6.07, 6.45) is 0. The van der Waals surface area contributed by atoms with Gasteiger partial charge in [0.25, 0.3) is 5.91 Å². The zero-order chi connectivity index (χ0) is 18.3. The van der Waals surface area contributed by atoms with Crippen LogP contribution >= 0.6 is 34.2 Å². The molecule has 1 N–H and O–H groups in total. The summed E-state index contributed by atoms with van der Waals surface area (Å²) in [4.78, 5) is 14.6. The van der Waals surface area contributed by atoms with Gasteiger partial charge in [-0.2, -0.15) is 0 Å². The summed E-state index contributed by atoms with van der Waals surface area (Å²) in [5.74, 6) is -0.184. The van der Waals surface area contributed by atoms with Gasteiger partial charge in [0.05, 0.1) is 0 Å². The Morgan fingerprint density at radius 3 is 2.31 bits per heavy atom. The average molecular weight is 476 g/mol. The molecule has 130 valence electrons. The van der Waals surface area contributed by atoms with E-state index in [9.17, 15) is 9.90 Å². The third-order valence-corrected chi connectivity index (χ3v) is 5.64. The third-order valence-electron chi connectivity index (χ3n) is 4.67. The van der Waals surface area contributed by atoms with Crippen molar-refractivity contribution in [3.8, 4) is 0 Å². The molecule has 0 bridgehead atoms. The summed E-state index contributed by atoms with van der Waals surface area (Å²) < 4.78 is 1.12. The standard InChI is InChI=1S/C21H15ClINO2/c22-16-9-7-15(8-10-16)21(26)19-4-2-1-3-18(19)20(25)24(21)13-14-5-11-17(23)12-6-14/h1-12,26H,13H2. The van der Waals surface area contributed by atoms with Crippen LogP contribution in [0.15, 0.2) is 72.8 Å². The maximum Gasteiger partial charge on any atom is 0.257 e. The van der Waals surface area contributed by atoms with E-state index in [4.69, 9.17) is 11.6 Å². The van der Waals surface area contributed by atoms with Crippen LogP contribution in [0.4, 0.5) is 0 Å². The summed E-state index contributed by atoms with van der Waals surface area (Å²) in [7, 11) is 0. The van der Waals surface area contributed by atoms with E-state index in [1.54, 1.807) is 36.4 Å². The zero-order valence-electron chi connectivity index (χ0n) is 13.7. The smallest absolute Gasteiger partial charge is 0.257 e. The Labute approximate surface area is 170 Å². The van der Waals surface area contributed by atoms with Crippen LogP contribution < -0.4 is 0 Å². The lowest BCUT2D eigenvalue weighted by Gasteiger charge is -2.35. The molecule has 3 aromatic carbocycles. The fourth-order valence-corrected chi connectivity index (χ4v) is 3.85. The number of halogens is 2. The van der Waals surface area contributed by atoms with Gasteiger partial charge in [0.2, 0.25) is 0 Å². The quantitative estimate of drug-likeness (QED) is 0.553. The second-order valence-electron chi connectivity index (χ2n) is 6.24. The van der Waals surface area contributed by atoms with Crippen LogP contribution in [0.1, 0.15) is 27.0 Å². The molecule has 0 spiro atoms. The van der Waals surface area contributed by atoms with Gasteiger partial charge in [-0.05, 0) is 58.5 Å². The van der Waals surface area contributed by atoms with Gasteiger partial charge in [0.15, 0.2) is 5.72 Å². The number of rotatable bonds is 3. The number of carbonyl (C=O) groups is 1. The van der Waals surface area contributed by atoms with Crippen molar-refractivity contribution in [2.45, 2.75) is 12.3 Å². The molecular formula is C21H15ClINO2. The van der Waals surface area contributed by atoms with Crippen LogP contribution in [0.5, 0.6) is 0 Å². The molecule has 0 saturated heterocycles. The molecule has 0 saturated carbocycles. The zero-order valence-corrected chi connectivity index (χ0v) is 16.6.